The number of aromatic amines is 1. The molecule has 1 aromatic heterocycles. The van der Waals surface area contributed by atoms with E-state index in [0.717, 1.165) is 22.4 Å². The van der Waals surface area contributed by atoms with Gasteiger partial charge in [-0.1, -0.05) is 42.5 Å². The lowest BCUT2D eigenvalue weighted by Crippen LogP contribution is -2.59. The molecular weight excluding hydrogens is 642 g/mol. The molecule has 13 heteroatoms. The van der Waals surface area contributed by atoms with Gasteiger partial charge in [-0.25, -0.2) is 9.78 Å². The number of amides is 3. The number of rotatable bonds is 9. The van der Waals surface area contributed by atoms with E-state index >= 15 is 0 Å². The summed E-state index contributed by atoms with van der Waals surface area (Å²) in [6, 6.07) is 17.9. The monoisotopic (exact) mass is 685 g/mol. The molecule has 1 spiro atoms. The number of carbonyl (C=O) groups is 3. The molecule has 3 N–H and O–H groups in total. The average Bonchev–Trinajstić information content (AvgIpc) is 3.67. The van der Waals surface area contributed by atoms with Gasteiger partial charge in [0, 0.05) is 37.1 Å². The second-order valence-corrected chi connectivity index (χ2v) is 13.4. The van der Waals surface area contributed by atoms with E-state index < -0.39 is 41.3 Å². The number of benzene rings is 3. The van der Waals surface area contributed by atoms with E-state index in [1.54, 1.807) is 59.3 Å². The summed E-state index contributed by atoms with van der Waals surface area (Å²) in [5.74, 6) is 1.10. The summed E-state index contributed by atoms with van der Waals surface area (Å²) >= 11 is 0. The summed E-state index contributed by atoms with van der Waals surface area (Å²) in [7, 11) is 3.17. The second kappa shape index (κ2) is 14.4. The van der Waals surface area contributed by atoms with Crippen LogP contribution in [0.3, 0.4) is 0 Å². The molecule has 13 nitrogen and oxygen atoms in total. The summed E-state index contributed by atoms with van der Waals surface area (Å²) in [4.78, 5) is 51.0. The van der Waals surface area contributed by atoms with Crippen molar-refractivity contribution in [3.8, 4) is 11.5 Å². The fourth-order valence-electron chi connectivity index (χ4n) is 6.38. The molecule has 6 rings (SSSR count). The zero-order valence-corrected chi connectivity index (χ0v) is 28.9. The number of nitrogens with one attached hydrogen (secondary N) is 3. The molecule has 3 amide bonds. The Balaban J connectivity index is 1.20. The number of hydrogen-bond acceptors (Lipinski definition) is 9. The van der Waals surface area contributed by atoms with E-state index in [9.17, 15) is 14.4 Å². The van der Waals surface area contributed by atoms with E-state index in [1.165, 1.54) is 4.90 Å². The highest BCUT2D eigenvalue weighted by molar-refractivity contribution is 5.99. The van der Waals surface area contributed by atoms with Crippen LogP contribution in [-0.2, 0) is 30.2 Å². The molecule has 1 unspecified atom stereocenters. The van der Waals surface area contributed by atoms with Crippen LogP contribution in [0.25, 0.3) is 11.0 Å². The molecule has 0 radical (unpaired) electrons. The minimum absolute atomic E-state index is 0.00870. The number of alkyl carbamates (subject to hydrolysis) is 1. The van der Waals surface area contributed by atoms with Gasteiger partial charge < -0.3 is 39.3 Å². The summed E-state index contributed by atoms with van der Waals surface area (Å²) in [6.07, 6.45) is 0.547. The SMILES string of the molecule is COc1cc2nc(Cc3ccc(NC(=O)C4COC5(CCOCC5)N4C(=O)[C@H](NC(=O)OC(C)(C)C)c4ccccc4)cc3)[nH]c2cc1OC. The zero-order valence-electron chi connectivity index (χ0n) is 28.9. The Bertz CT molecular complexity index is 1790. The maximum atomic E-state index is 14.6. The largest absolute Gasteiger partial charge is 0.493 e. The number of fused-ring (bicyclic) bond motifs is 1. The minimum Gasteiger partial charge on any atom is -0.493 e. The molecule has 3 aromatic carbocycles. The third-order valence-corrected chi connectivity index (χ3v) is 8.74. The number of aromatic nitrogens is 2. The molecule has 0 bridgehead atoms. The first-order valence-electron chi connectivity index (χ1n) is 16.6. The van der Waals surface area contributed by atoms with Gasteiger partial charge in [0.15, 0.2) is 11.5 Å². The van der Waals surface area contributed by atoms with Crippen molar-refractivity contribution in [2.24, 2.45) is 0 Å². The highest BCUT2D eigenvalue weighted by Crippen LogP contribution is 2.39. The van der Waals surface area contributed by atoms with Gasteiger partial charge in [0.1, 0.15) is 29.2 Å². The van der Waals surface area contributed by atoms with Crippen LogP contribution >= 0.6 is 0 Å². The van der Waals surface area contributed by atoms with Gasteiger partial charge in [-0.2, -0.15) is 0 Å². The first-order valence-corrected chi connectivity index (χ1v) is 16.6. The van der Waals surface area contributed by atoms with E-state index in [2.05, 4.69) is 15.6 Å². The molecule has 3 heterocycles. The van der Waals surface area contributed by atoms with Crippen LogP contribution in [-0.4, -0.2) is 84.2 Å². The van der Waals surface area contributed by atoms with Crippen molar-refractivity contribution in [1.29, 1.82) is 0 Å². The predicted octanol–water partition coefficient (Wildman–Crippen LogP) is 5.11. The second-order valence-electron chi connectivity index (χ2n) is 13.4. The molecule has 2 saturated heterocycles. The quantitative estimate of drug-likeness (QED) is 0.218. The Morgan fingerprint density at radius 3 is 2.34 bits per heavy atom. The lowest BCUT2D eigenvalue weighted by molar-refractivity contribution is -0.172. The average molecular weight is 686 g/mol. The number of H-pyrrole nitrogens is 1. The number of methoxy groups -OCH3 is 2. The molecular formula is C37H43N5O8. The standard InChI is InChI=1S/C37H43N5O8/c1-36(2,3)50-35(45)41-32(24-9-7-6-8-10-24)34(44)42-28(22-49-37(42)15-17-48-18-16-37)33(43)38-25-13-11-23(12-14-25)19-31-39-26-20-29(46-4)30(47-5)21-27(26)40-31/h6-14,20-21,28,32H,15-19,22H2,1-5H3,(H,38,43)(H,39,40)(H,41,45)/t28?,32-/m1/s1. The lowest BCUT2D eigenvalue weighted by atomic mass is 9.97. The van der Waals surface area contributed by atoms with Crippen molar-refractivity contribution >= 4 is 34.6 Å². The van der Waals surface area contributed by atoms with E-state index in [0.29, 0.717) is 55.2 Å². The van der Waals surface area contributed by atoms with Crippen LogP contribution < -0.4 is 20.1 Å². The maximum Gasteiger partial charge on any atom is 0.408 e. The topological polar surface area (TPSA) is 153 Å². The summed E-state index contributed by atoms with van der Waals surface area (Å²) in [5, 5.41) is 5.72. The molecule has 264 valence electrons. The Hall–Kier alpha value is -5.14. The lowest BCUT2D eigenvalue weighted by Gasteiger charge is -2.42. The van der Waals surface area contributed by atoms with Gasteiger partial charge >= 0.3 is 6.09 Å². The van der Waals surface area contributed by atoms with Gasteiger partial charge in [0.2, 0.25) is 5.91 Å². The molecule has 2 aliphatic heterocycles. The highest BCUT2D eigenvalue weighted by atomic mass is 16.6. The Morgan fingerprint density at radius 1 is 1.00 bits per heavy atom. The van der Waals surface area contributed by atoms with Crippen molar-refractivity contribution in [3.63, 3.8) is 0 Å². The third kappa shape index (κ3) is 7.53. The summed E-state index contributed by atoms with van der Waals surface area (Å²) in [5.41, 5.74) is 1.83. The van der Waals surface area contributed by atoms with Crippen LogP contribution in [0.15, 0.2) is 66.7 Å². The van der Waals surface area contributed by atoms with Gasteiger partial charge in [-0.15, -0.1) is 0 Å². The maximum absolute atomic E-state index is 14.6. The Morgan fingerprint density at radius 2 is 1.68 bits per heavy atom. The van der Waals surface area contributed by atoms with Crippen LogP contribution in [0.5, 0.6) is 11.5 Å². The first kappa shape index (κ1) is 34.7. The van der Waals surface area contributed by atoms with Crippen LogP contribution in [0.2, 0.25) is 0 Å². The van der Waals surface area contributed by atoms with Gasteiger partial charge in [0.25, 0.3) is 5.91 Å². The van der Waals surface area contributed by atoms with Gasteiger partial charge in [-0.05, 0) is 44.0 Å². The Labute approximate surface area is 290 Å². The normalized spacial score (nSPS) is 17.7. The van der Waals surface area contributed by atoms with Crippen LogP contribution in [0.1, 0.15) is 56.6 Å². The van der Waals surface area contributed by atoms with Crippen LogP contribution in [0.4, 0.5) is 10.5 Å². The molecule has 4 aromatic rings. The fourth-order valence-corrected chi connectivity index (χ4v) is 6.38. The summed E-state index contributed by atoms with van der Waals surface area (Å²) in [6.45, 7) is 5.96. The number of ether oxygens (including phenoxy) is 5. The Kier molecular flexibility index (Phi) is 9.98. The number of carbonyl (C=O) groups excluding carboxylic acids is 3. The molecule has 2 aliphatic rings. The van der Waals surface area contributed by atoms with Gasteiger partial charge in [-0.3, -0.25) is 14.5 Å². The van der Waals surface area contributed by atoms with Crippen molar-refractivity contribution in [1.82, 2.24) is 20.2 Å². The van der Waals surface area contributed by atoms with Crippen molar-refractivity contribution < 1.29 is 38.1 Å². The van der Waals surface area contributed by atoms with Crippen molar-refractivity contribution in [2.75, 3.05) is 39.4 Å². The predicted molar refractivity (Wildman–Crippen MR) is 185 cm³/mol. The number of anilines is 1. The van der Waals surface area contributed by atoms with E-state index in [-0.39, 0.29) is 6.61 Å². The molecule has 50 heavy (non-hydrogen) atoms. The number of hydrogen-bond donors (Lipinski definition) is 3. The number of imidazole rings is 1. The molecule has 0 aliphatic carbocycles. The van der Waals surface area contributed by atoms with E-state index in [4.69, 9.17) is 28.7 Å². The zero-order chi connectivity index (χ0) is 35.5. The highest BCUT2D eigenvalue weighted by Gasteiger charge is 2.54. The van der Waals surface area contributed by atoms with Gasteiger partial charge in [0.05, 0.1) is 45.1 Å². The van der Waals surface area contributed by atoms with Crippen LogP contribution in [0, 0.1) is 0 Å². The summed E-state index contributed by atoms with van der Waals surface area (Å²) < 4.78 is 28.2. The first-order chi connectivity index (χ1) is 24.0. The third-order valence-electron chi connectivity index (χ3n) is 8.74. The van der Waals surface area contributed by atoms with E-state index in [1.807, 2.05) is 42.5 Å². The molecule has 2 atom stereocenters. The fraction of sp³-hybridized carbons (Fsp3) is 0.405. The molecule has 0 saturated carbocycles. The van der Waals surface area contributed by atoms with Crippen molar-refractivity contribution in [3.05, 3.63) is 83.7 Å². The minimum atomic E-state index is -1.12. The number of nitrogens with zero attached hydrogens (tertiary/aromatic N) is 2. The van der Waals surface area contributed by atoms with Crippen molar-refractivity contribution in [2.45, 2.75) is 63.4 Å². The molecule has 2 fully saturated rings. The smallest absolute Gasteiger partial charge is 0.408 e.